The number of hydrogen-bond acceptors (Lipinski definition) is 2. The van der Waals surface area contributed by atoms with E-state index < -0.39 is 0 Å². The van der Waals surface area contributed by atoms with Crippen LogP contribution in [-0.4, -0.2) is 7.05 Å². The van der Waals surface area contributed by atoms with Crippen LogP contribution < -0.4 is 9.80 Å². The van der Waals surface area contributed by atoms with Crippen LogP contribution in [0.3, 0.4) is 0 Å². The van der Waals surface area contributed by atoms with Crippen LogP contribution in [0, 0.1) is 5.92 Å². The number of allylic oxidation sites excluding steroid dienone is 4. The fraction of sp³-hybridized carbons (Fsp3) is 0.118. The Kier molecular flexibility index (Phi) is 5.58. The molecule has 0 aromatic heterocycles. The minimum absolute atomic E-state index is 0.695. The van der Waals surface area contributed by atoms with E-state index in [0.717, 1.165) is 28.7 Å². The molecule has 36 heavy (non-hydrogen) atoms. The molecular weight excluding hydrogens is 436 g/mol. The minimum Gasteiger partial charge on any atom is -0.344 e. The van der Waals surface area contributed by atoms with Gasteiger partial charge in [-0.3, -0.25) is 0 Å². The van der Waals surface area contributed by atoms with Crippen LogP contribution >= 0.6 is 0 Å². The molecule has 6 rings (SSSR count). The highest BCUT2D eigenvalue weighted by molar-refractivity contribution is 6.01. The van der Waals surface area contributed by atoms with Gasteiger partial charge in [0.05, 0.1) is 0 Å². The van der Waals surface area contributed by atoms with E-state index in [1.54, 1.807) is 6.08 Å². The Hall–Kier alpha value is -4.30. The molecule has 2 nitrogen and oxygen atoms in total. The van der Waals surface area contributed by atoms with Gasteiger partial charge in [-0.15, -0.1) is 0 Å². The lowest BCUT2D eigenvalue weighted by molar-refractivity contribution is 1.01. The zero-order valence-electron chi connectivity index (χ0n) is 20.6. The second kappa shape index (κ2) is 9.05. The molecule has 2 aliphatic carbocycles. The first-order chi connectivity index (χ1) is 17.7. The molecule has 2 atom stereocenters. The van der Waals surface area contributed by atoms with Crippen molar-refractivity contribution in [3.63, 3.8) is 0 Å². The second-order valence-electron chi connectivity index (χ2n) is 9.59. The Morgan fingerprint density at radius 2 is 1.50 bits per heavy atom. The van der Waals surface area contributed by atoms with Gasteiger partial charge in [0, 0.05) is 40.9 Å². The van der Waals surface area contributed by atoms with Crippen LogP contribution in [0.2, 0.25) is 0 Å². The van der Waals surface area contributed by atoms with Gasteiger partial charge in [-0.2, -0.15) is 0 Å². The molecule has 2 heteroatoms. The van der Waals surface area contributed by atoms with Gasteiger partial charge in [-0.25, -0.2) is 0 Å². The molecule has 0 amide bonds. The highest BCUT2D eigenvalue weighted by Gasteiger charge is 2.40. The fourth-order valence-corrected chi connectivity index (χ4v) is 5.56. The Morgan fingerprint density at radius 3 is 2.22 bits per heavy atom. The molecule has 0 saturated heterocycles. The van der Waals surface area contributed by atoms with Gasteiger partial charge in [-0.05, 0) is 89.4 Å². The molecular formula is C34H30N2. The van der Waals surface area contributed by atoms with Gasteiger partial charge in [0.25, 0.3) is 0 Å². The Morgan fingerprint density at radius 1 is 0.833 bits per heavy atom. The first-order valence-electron chi connectivity index (χ1n) is 12.6. The van der Waals surface area contributed by atoms with Crippen LogP contribution in [-0.2, 0) is 0 Å². The third kappa shape index (κ3) is 3.76. The lowest BCUT2D eigenvalue weighted by atomic mass is 9.90. The number of nitrogens with zero attached hydrogens (tertiary/aromatic N) is 2. The lowest BCUT2D eigenvalue weighted by Gasteiger charge is -2.28. The van der Waals surface area contributed by atoms with Crippen molar-refractivity contribution in [2.75, 3.05) is 16.8 Å². The maximum absolute atomic E-state index is 4.04. The van der Waals surface area contributed by atoms with Crippen LogP contribution in [0.4, 0.5) is 22.7 Å². The van der Waals surface area contributed by atoms with Crippen LogP contribution in [0.25, 0.3) is 16.8 Å². The van der Waals surface area contributed by atoms with Crippen molar-refractivity contribution in [1.82, 2.24) is 0 Å². The van der Waals surface area contributed by atoms with E-state index >= 15 is 0 Å². The number of anilines is 4. The van der Waals surface area contributed by atoms with Gasteiger partial charge in [0.1, 0.15) is 0 Å². The Labute approximate surface area is 213 Å². The predicted molar refractivity (Wildman–Crippen MR) is 155 cm³/mol. The van der Waals surface area contributed by atoms with E-state index in [1.807, 2.05) is 18.2 Å². The number of fused-ring (bicyclic) bond motifs is 5. The molecule has 2 aliphatic rings. The molecule has 2 unspecified atom stereocenters. The number of para-hydroxylation sites is 1. The third-order valence-corrected chi connectivity index (χ3v) is 7.46. The molecule has 1 saturated carbocycles. The molecule has 1 fully saturated rings. The van der Waals surface area contributed by atoms with Crippen molar-refractivity contribution in [2.45, 2.75) is 12.3 Å². The van der Waals surface area contributed by atoms with Gasteiger partial charge < -0.3 is 9.80 Å². The molecule has 0 radical (unpaired) electrons. The molecule has 0 N–H and O–H groups in total. The topological polar surface area (TPSA) is 6.48 Å². The maximum Gasteiger partial charge on any atom is 0.0493 e. The molecule has 4 aromatic rings. The molecule has 0 spiro atoms. The normalized spacial score (nSPS) is 17.8. The fourth-order valence-electron chi connectivity index (χ4n) is 5.56. The Balaban J connectivity index is 1.40. The highest BCUT2D eigenvalue weighted by atomic mass is 15.1. The summed E-state index contributed by atoms with van der Waals surface area (Å²) < 4.78 is 0. The maximum atomic E-state index is 4.04. The molecule has 0 aliphatic heterocycles. The number of benzene rings is 4. The average Bonchev–Trinajstić information content (AvgIpc) is 3.73. The zero-order valence-corrected chi connectivity index (χ0v) is 20.6. The third-order valence-electron chi connectivity index (χ3n) is 7.46. The second-order valence-corrected chi connectivity index (χ2v) is 9.59. The van der Waals surface area contributed by atoms with E-state index in [4.69, 9.17) is 0 Å². The van der Waals surface area contributed by atoms with Crippen molar-refractivity contribution < 1.29 is 0 Å². The summed E-state index contributed by atoms with van der Waals surface area (Å²) in [4.78, 5) is 4.50. The summed E-state index contributed by atoms with van der Waals surface area (Å²) in [5.41, 5.74) is 8.42. The number of hydrogen-bond donors (Lipinski definition) is 0. The summed E-state index contributed by atoms with van der Waals surface area (Å²) in [6.07, 6.45) is 11.7. The van der Waals surface area contributed by atoms with Crippen molar-refractivity contribution in [1.29, 1.82) is 0 Å². The van der Waals surface area contributed by atoms with Crippen molar-refractivity contribution in [3.8, 4) is 0 Å². The zero-order chi connectivity index (χ0) is 24.6. The van der Waals surface area contributed by atoms with Gasteiger partial charge >= 0.3 is 0 Å². The quantitative estimate of drug-likeness (QED) is 0.251. The van der Waals surface area contributed by atoms with Gasteiger partial charge in [-0.1, -0.05) is 73.9 Å². The molecule has 176 valence electrons. The van der Waals surface area contributed by atoms with E-state index in [0.29, 0.717) is 5.92 Å². The van der Waals surface area contributed by atoms with Crippen molar-refractivity contribution in [2.24, 2.45) is 5.92 Å². The molecule has 0 heterocycles. The molecule has 4 aromatic carbocycles. The van der Waals surface area contributed by atoms with Crippen molar-refractivity contribution >= 4 is 39.6 Å². The smallest absolute Gasteiger partial charge is 0.0493 e. The van der Waals surface area contributed by atoms with E-state index in [1.165, 1.54) is 34.0 Å². The lowest BCUT2D eigenvalue weighted by Crippen LogP contribution is -2.15. The summed E-state index contributed by atoms with van der Waals surface area (Å²) in [5.74, 6) is 1.43. The largest absolute Gasteiger partial charge is 0.344 e. The SMILES string of the molecule is C=C/C=C(\C=C)N(c1ccccc1)c1ccc(N(C)c2cc3c(c4ccccc24)C2CC2C=C3)cc1. The summed E-state index contributed by atoms with van der Waals surface area (Å²) in [7, 11) is 2.16. The van der Waals surface area contributed by atoms with E-state index in [2.05, 4.69) is 121 Å². The highest BCUT2D eigenvalue weighted by Crippen LogP contribution is 2.55. The van der Waals surface area contributed by atoms with Crippen LogP contribution in [0.1, 0.15) is 23.5 Å². The summed E-state index contributed by atoms with van der Waals surface area (Å²) in [5, 5.41) is 2.71. The minimum atomic E-state index is 0.695. The summed E-state index contributed by atoms with van der Waals surface area (Å²) in [6, 6.07) is 30.4. The standard InChI is InChI=1S/C34H30N2/c1-4-11-26(5-2)36(28-12-7-6-8-13-28)29-20-18-27(19-21-29)35(3)33-23-25-17-16-24-22-32(24)34(25)31-15-10-9-14-30(31)33/h4-21,23-24,32H,1-2,22H2,3H3/b26-11+. The van der Waals surface area contributed by atoms with Gasteiger partial charge in [0.2, 0.25) is 0 Å². The summed E-state index contributed by atoms with van der Waals surface area (Å²) in [6.45, 7) is 7.93. The van der Waals surface area contributed by atoms with Crippen molar-refractivity contribution in [3.05, 3.63) is 139 Å². The monoisotopic (exact) mass is 466 g/mol. The van der Waals surface area contributed by atoms with Crippen LogP contribution in [0.5, 0.6) is 0 Å². The average molecular weight is 467 g/mol. The first-order valence-corrected chi connectivity index (χ1v) is 12.6. The Bertz CT molecular complexity index is 1510. The van der Waals surface area contributed by atoms with E-state index in [9.17, 15) is 0 Å². The van der Waals surface area contributed by atoms with E-state index in [-0.39, 0.29) is 0 Å². The predicted octanol–water partition coefficient (Wildman–Crippen LogP) is 9.13. The van der Waals surface area contributed by atoms with Crippen LogP contribution in [0.15, 0.2) is 128 Å². The molecule has 0 bridgehead atoms. The number of rotatable bonds is 7. The summed E-state index contributed by atoms with van der Waals surface area (Å²) >= 11 is 0. The van der Waals surface area contributed by atoms with Gasteiger partial charge in [0.15, 0.2) is 0 Å². The first kappa shape index (κ1) is 22.2.